The summed E-state index contributed by atoms with van der Waals surface area (Å²) in [5.74, 6) is 2.26. The Balaban J connectivity index is 1.51. The number of benzene rings is 1. The van der Waals surface area contributed by atoms with Gasteiger partial charge in [-0.05, 0) is 50.1 Å². The third-order valence-corrected chi connectivity index (χ3v) is 4.01. The molecule has 1 amide bonds. The zero-order chi connectivity index (χ0) is 15.8. The minimum absolute atomic E-state index is 0.170. The fourth-order valence-electron chi connectivity index (χ4n) is 2.65. The van der Waals surface area contributed by atoms with Crippen LogP contribution in [0.2, 0.25) is 0 Å². The summed E-state index contributed by atoms with van der Waals surface area (Å²) in [6, 6.07) is 9.50. The first-order valence-corrected chi connectivity index (χ1v) is 7.71. The zero-order valence-corrected chi connectivity index (χ0v) is 12.8. The van der Waals surface area contributed by atoms with Gasteiger partial charge in [-0.15, -0.1) is 0 Å². The van der Waals surface area contributed by atoms with Crippen LogP contribution in [0, 0.1) is 6.92 Å². The van der Waals surface area contributed by atoms with E-state index in [1.165, 1.54) is 19.1 Å². The van der Waals surface area contributed by atoms with Crippen molar-refractivity contribution in [1.82, 2.24) is 9.55 Å². The summed E-state index contributed by atoms with van der Waals surface area (Å²) >= 11 is 0. The van der Waals surface area contributed by atoms with Crippen LogP contribution in [0.4, 0.5) is 5.69 Å². The van der Waals surface area contributed by atoms with Gasteiger partial charge in [0, 0.05) is 29.7 Å². The Kier molecular flexibility index (Phi) is 3.26. The highest BCUT2D eigenvalue weighted by Crippen LogP contribution is 2.39. The molecular weight excluding hydrogens is 290 g/mol. The molecular formula is C18H17N3O2. The maximum atomic E-state index is 12.1. The molecule has 2 heterocycles. The van der Waals surface area contributed by atoms with Crippen molar-refractivity contribution < 1.29 is 9.21 Å². The largest absolute Gasteiger partial charge is 0.469 e. The number of carbonyl (C=O) groups is 1. The molecule has 3 aromatic rings. The molecule has 23 heavy (non-hydrogen) atoms. The highest BCUT2D eigenvalue weighted by atomic mass is 16.3. The first-order chi connectivity index (χ1) is 11.2. The number of aromatic nitrogens is 2. The summed E-state index contributed by atoms with van der Waals surface area (Å²) in [5, 5.41) is 2.87. The maximum Gasteiger partial charge on any atom is 0.258 e. The quantitative estimate of drug-likeness (QED) is 0.795. The van der Waals surface area contributed by atoms with E-state index in [0.29, 0.717) is 11.5 Å². The van der Waals surface area contributed by atoms with Crippen LogP contribution in [0.1, 0.15) is 40.7 Å². The SMILES string of the molecule is Cc1cc(C(=O)Nc2ccc(-n3ccnc3C3CC3)cc2)co1. The second kappa shape index (κ2) is 5.43. The Morgan fingerprint density at radius 3 is 2.74 bits per heavy atom. The molecule has 4 rings (SSSR count). The summed E-state index contributed by atoms with van der Waals surface area (Å²) in [7, 11) is 0. The van der Waals surface area contributed by atoms with E-state index in [1.807, 2.05) is 43.6 Å². The summed E-state index contributed by atoms with van der Waals surface area (Å²) in [6.07, 6.45) is 7.72. The Morgan fingerprint density at radius 2 is 2.09 bits per heavy atom. The number of aryl methyl sites for hydroxylation is 1. The van der Waals surface area contributed by atoms with Gasteiger partial charge in [-0.25, -0.2) is 4.98 Å². The van der Waals surface area contributed by atoms with Gasteiger partial charge >= 0.3 is 0 Å². The molecule has 1 aromatic carbocycles. The lowest BCUT2D eigenvalue weighted by Gasteiger charge is -2.09. The van der Waals surface area contributed by atoms with Crippen molar-refractivity contribution >= 4 is 11.6 Å². The van der Waals surface area contributed by atoms with Crippen LogP contribution >= 0.6 is 0 Å². The molecule has 0 unspecified atom stereocenters. The van der Waals surface area contributed by atoms with E-state index in [-0.39, 0.29) is 5.91 Å². The number of imidazole rings is 1. The van der Waals surface area contributed by atoms with Gasteiger partial charge in [-0.2, -0.15) is 0 Å². The smallest absolute Gasteiger partial charge is 0.258 e. The van der Waals surface area contributed by atoms with Crippen LogP contribution in [0.3, 0.4) is 0 Å². The van der Waals surface area contributed by atoms with Crippen molar-refractivity contribution in [1.29, 1.82) is 0 Å². The lowest BCUT2D eigenvalue weighted by Crippen LogP contribution is -2.10. The molecule has 0 saturated heterocycles. The first kappa shape index (κ1) is 13.8. The molecule has 0 bridgehead atoms. The summed E-state index contributed by atoms with van der Waals surface area (Å²) in [5.41, 5.74) is 2.34. The maximum absolute atomic E-state index is 12.1. The fourth-order valence-corrected chi connectivity index (χ4v) is 2.65. The number of furan rings is 1. The van der Waals surface area contributed by atoms with Crippen molar-refractivity contribution in [2.75, 3.05) is 5.32 Å². The van der Waals surface area contributed by atoms with Crippen LogP contribution in [0.5, 0.6) is 0 Å². The van der Waals surface area contributed by atoms with Gasteiger partial charge in [0.1, 0.15) is 17.8 Å². The first-order valence-electron chi connectivity index (χ1n) is 7.71. The normalized spacial score (nSPS) is 14.0. The van der Waals surface area contributed by atoms with E-state index < -0.39 is 0 Å². The molecule has 5 nitrogen and oxygen atoms in total. The molecule has 0 spiro atoms. The molecule has 1 N–H and O–H groups in total. The predicted octanol–water partition coefficient (Wildman–Crippen LogP) is 3.90. The Morgan fingerprint density at radius 1 is 1.30 bits per heavy atom. The van der Waals surface area contributed by atoms with Crippen molar-refractivity contribution in [3.63, 3.8) is 0 Å². The predicted molar refractivity (Wildman–Crippen MR) is 86.9 cm³/mol. The molecule has 0 atom stereocenters. The zero-order valence-electron chi connectivity index (χ0n) is 12.8. The van der Waals surface area contributed by atoms with Crippen molar-refractivity contribution in [3.05, 3.63) is 66.1 Å². The molecule has 5 heteroatoms. The lowest BCUT2D eigenvalue weighted by molar-refractivity contribution is 0.102. The van der Waals surface area contributed by atoms with Crippen LogP contribution < -0.4 is 5.32 Å². The van der Waals surface area contributed by atoms with Gasteiger partial charge in [0.2, 0.25) is 0 Å². The number of rotatable bonds is 4. The standard InChI is InChI=1S/C18H17N3O2/c1-12-10-14(11-23-12)18(22)20-15-4-6-16(7-5-15)21-9-8-19-17(21)13-2-3-13/h4-11,13H,2-3H2,1H3,(H,20,22). The van der Waals surface area contributed by atoms with E-state index in [0.717, 1.165) is 23.0 Å². The van der Waals surface area contributed by atoms with Gasteiger partial charge in [0.15, 0.2) is 0 Å². The highest BCUT2D eigenvalue weighted by Gasteiger charge is 2.28. The Labute approximate surface area is 134 Å². The third-order valence-electron chi connectivity index (χ3n) is 4.01. The van der Waals surface area contributed by atoms with Gasteiger partial charge in [-0.1, -0.05) is 0 Å². The second-order valence-electron chi connectivity index (χ2n) is 5.88. The number of carbonyl (C=O) groups excluding carboxylic acids is 1. The van der Waals surface area contributed by atoms with Crippen LogP contribution in [0.15, 0.2) is 53.4 Å². The average Bonchev–Trinajstić information content (AvgIpc) is 3.11. The third kappa shape index (κ3) is 2.77. The molecule has 116 valence electrons. The summed E-state index contributed by atoms with van der Waals surface area (Å²) in [6.45, 7) is 1.81. The number of amides is 1. The second-order valence-corrected chi connectivity index (χ2v) is 5.88. The number of hydrogen-bond donors (Lipinski definition) is 1. The topological polar surface area (TPSA) is 60.1 Å². The molecule has 1 saturated carbocycles. The molecule has 1 aliphatic carbocycles. The molecule has 1 fully saturated rings. The molecule has 2 aromatic heterocycles. The van der Waals surface area contributed by atoms with E-state index in [4.69, 9.17) is 4.42 Å². The van der Waals surface area contributed by atoms with E-state index in [1.54, 1.807) is 6.07 Å². The average molecular weight is 307 g/mol. The van der Waals surface area contributed by atoms with Gasteiger partial charge in [0.05, 0.1) is 5.56 Å². The van der Waals surface area contributed by atoms with Gasteiger partial charge in [-0.3, -0.25) is 4.79 Å². The summed E-state index contributed by atoms with van der Waals surface area (Å²) in [4.78, 5) is 16.6. The minimum Gasteiger partial charge on any atom is -0.469 e. The van der Waals surface area contributed by atoms with Crippen LogP contribution in [0.25, 0.3) is 5.69 Å². The number of nitrogens with one attached hydrogen (secondary N) is 1. The van der Waals surface area contributed by atoms with Crippen LogP contribution in [-0.4, -0.2) is 15.5 Å². The van der Waals surface area contributed by atoms with Gasteiger partial charge < -0.3 is 14.3 Å². The Bertz CT molecular complexity index is 841. The monoisotopic (exact) mass is 307 g/mol. The van der Waals surface area contributed by atoms with Gasteiger partial charge in [0.25, 0.3) is 5.91 Å². The summed E-state index contributed by atoms with van der Waals surface area (Å²) < 4.78 is 7.28. The van der Waals surface area contributed by atoms with E-state index >= 15 is 0 Å². The fraction of sp³-hybridized carbons (Fsp3) is 0.222. The van der Waals surface area contributed by atoms with Crippen molar-refractivity contribution in [2.24, 2.45) is 0 Å². The number of hydrogen-bond acceptors (Lipinski definition) is 3. The van der Waals surface area contributed by atoms with Crippen LogP contribution in [-0.2, 0) is 0 Å². The lowest BCUT2D eigenvalue weighted by atomic mass is 10.2. The van der Waals surface area contributed by atoms with E-state index in [9.17, 15) is 4.79 Å². The van der Waals surface area contributed by atoms with Crippen molar-refractivity contribution in [3.8, 4) is 5.69 Å². The number of nitrogens with zero attached hydrogens (tertiary/aromatic N) is 2. The Hall–Kier alpha value is -2.82. The number of anilines is 1. The minimum atomic E-state index is -0.170. The highest BCUT2D eigenvalue weighted by molar-refractivity contribution is 6.04. The molecule has 0 radical (unpaired) electrons. The molecule has 0 aliphatic heterocycles. The van der Waals surface area contributed by atoms with Crippen molar-refractivity contribution in [2.45, 2.75) is 25.7 Å². The van der Waals surface area contributed by atoms with E-state index in [2.05, 4.69) is 14.9 Å². The molecule has 1 aliphatic rings.